The van der Waals surface area contributed by atoms with Crippen molar-refractivity contribution >= 4 is 10.4 Å². The second kappa shape index (κ2) is 39.8. The van der Waals surface area contributed by atoms with Gasteiger partial charge >= 0.3 is 19.5 Å². The van der Waals surface area contributed by atoms with Gasteiger partial charge in [0.2, 0.25) is 10.4 Å². The Labute approximate surface area is 86.3 Å². The molecule has 14 N–H and O–H groups in total. The first-order chi connectivity index (χ1) is 2.00. The third-order valence-electron chi connectivity index (χ3n) is 0. The zero-order chi connectivity index (χ0) is 4.50. The maximum absolute atomic E-state index is 8.52. The van der Waals surface area contributed by atoms with Crippen molar-refractivity contribution in [3.63, 3.8) is 0 Å². The van der Waals surface area contributed by atoms with E-state index in [1.807, 2.05) is 0 Å². The van der Waals surface area contributed by atoms with E-state index >= 15 is 0 Å². The fourth-order valence-electron chi connectivity index (χ4n) is 0. The van der Waals surface area contributed by atoms with Crippen LogP contribution in [0.1, 0.15) is 0 Å². The molecule has 0 atom stereocenters. The molecule has 0 aliphatic carbocycles. The van der Waals surface area contributed by atoms with Gasteiger partial charge in [0.15, 0.2) is 0 Å². The van der Waals surface area contributed by atoms with Gasteiger partial charge in [-0.1, -0.05) is 0 Å². The molecule has 0 bridgehead atoms. The van der Waals surface area contributed by atoms with Gasteiger partial charge in [0.25, 0.3) is 0 Å². The zero-order valence-corrected chi connectivity index (χ0v) is 10.0. The molecule has 0 amide bonds. The monoisotopic (exact) mass is 286 g/mol. The number of hydrogen-bond donors (Lipinski definition) is 0. The van der Waals surface area contributed by atoms with Gasteiger partial charge < -0.3 is 42.9 Å². The van der Waals surface area contributed by atoms with Gasteiger partial charge in [-0.15, -0.1) is 4.55 Å². The molecule has 13 heteroatoms. The molecule has 0 heterocycles. The van der Waals surface area contributed by atoms with Gasteiger partial charge in [-0.2, -0.15) is 0 Å². The Balaban J connectivity index is -0.00000000286. The minimum Gasteiger partial charge on any atom is -0.724 e. The Hall–Kier alpha value is 0.213. The van der Waals surface area contributed by atoms with E-state index < -0.39 is 10.4 Å². The van der Waals surface area contributed by atoms with E-state index in [-0.39, 0.29) is 57.8 Å². The first-order valence-corrected chi connectivity index (χ1v) is 2.00. The Morgan fingerprint density at radius 1 is 0.692 bits per heavy atom. The van der Waals surface area contributed by atoms with Gasteiger partial charge in [0.05, 0.1) is 0 Å². The van der Waals surface area contributed by atoms with Crippen LogP contribution < -0.4 is 0 Å². The van der Waals surface area contributed by atoms with E-state index in [2.05, 4.69) is 0 Å². The van der Waals surface area contributed by atoms with Crippen LogP contribution in [0, 0.1) is 0 Å². The maximum atomic E-state index is 8.52. The summed E-state index contributed by atoms with van der Waals surface area (Å²) in [5, 5.41) is 0. The summed E-state index contributed by atoms with van der Waals surface area (Å²) in [6.07, 6.45) is 0. The quantitative estimate of drug-likeness (QED) is 0.238. The molecule has 0 saturated carbocycles. The SMILES string of the molecule is O.O.O.O.O.O.O.[O]S(=O)(=O)[O-].[Zn+2]. The minimum absolute atomic E-state index is 0. The smallest absolute Gasteiger partial charge is 0.724 e. The van der Waals surface area contributed by atoms with Crippen molar-refractivity contribution in [3.05, 3.63) is 0 Å². The van der Waals surface area contributed by atoms with Crippen molar-refractivity contribution in [1.29, 1.82) is 0 Å². The molecule has 0 aromatic heterocycles. The fraction of sp³-hybridized carbons (Fsp3) is 0. The molecule has 0 aromatic carbocycles. The molecule has 13 heavy (non-hydrogen) atoms. The number of rotatable bonds is 0. The Morgan fingerprint density at radius 2 is 0.692 bits per heavy atom. The Bertz CT molecular complexity index is 93.3. The standard InChI is InChI=1S/HO4S.7H2O.Zn/c1-5(2,3)4;;;;;;;;/h(H,1,2,3);7*1H2;/q;;;;;;;;+2/p-1. The van der Waals surface area contributed by atoms with Crippen LogP contribution in [0.5, 0.6) is 0 Å². The van der Waals surface area contributed by atoms with Crippen molar-refractivity contribution in [2.75, 3.05) is 0 Å². The summed E-state index contributed by atoms with van der Waals surface area (Å²) < 4.78 is 34.1. The van der Waals surface area contributed by atoms with E-state index in [9.17, 15) is 0 Å². The van der Waals surface area contributed by atoms with Crippen molar-refractivity contribution < 1.29 is 75.3 Å². The molecular weight excluding hydrogens is 273 g/mol. The van der Waals surface area contributed by atoms with Crippen LogP contribution in [-0.4, -0.2) is 51.3 Å². The molecule has 0 unspecified atom stereocenters. The van der Waals surface area contributed by atoms with Gasteiger partial charge in [-0.05, 0) is 0 Å². The molecule has 11 nitrogen and oxygen atoms in total. The first kappa shape index (κ1) is 111. The molecule has 0 rings (SSSR count). The summed E-state index contributed by atoms with van der Waals surface area (Å²) in [5.41, 5.74) is 0. The van der Waals surface area contributed by atoms with Crippen LogP contribution in [0.3, 0.4) is 0 Å². The average Bonchev–Trinajstić information content (AvgIpc) is 0.722. The summed E-state index contributed by atoms with van der Waals surface area (Å²) in [7, 11) is -5.17. The second-order valence-electron chi connectivity index (χ2n) is 0.408. The summed E-state index contributed by atoms with van der Waals surface area (Å²) in [5.74, 6) is 0. The average molecular weight is 288 g/mol. The third kappa shape index (κ3) is 28000. The van der Waals surface area contributed by atoms with Crippen molar-refractivity contribution in [2.45, 2.75) is 0 Å². The van der Waals surface area contributed by atoms with Crippen LogP contribution in [0.2, 0.25) is 0 Å². The van der Waals surface area contributed by atoms with Gasteiger partial charge in [0.1, 0.15) is 0 Å². The number of hydrogen-bond acceptors (Lipinski definition) is 3. The normalized spacial score (nSPS) is 4.46. The van der Waals surface area contributed by atoms with Crippen LogP contribution in [0.25, 0.3) is 0 Å². The predicted octanol–water partition coefficient (Wildman–Crippen LogP) is -6.90. The molecular formula is H14O11SZn+. The van der Waals surface area contributed by atoms with E-state index in [1.165, 1.54) is 0 Å². The van der Waals surface area contributed by atoms with Crippen molar-refractivity contribution in [1.82, 2.24) is 0 Å². The topological polar surface area (TPSA) is 298 Å². The third-order valence-corrected chi connectivity index (χ3v) is 0. The van der Waals surface area contributed by atoms with Crippen LogP contribution in [0.4, 0.5) is 0 Å². The second-order valence-corrected chi connectivity index (χ2v) is 1.22. The van der Waals surface area contributed by atoms with E-state index in [0.29, 0.717) is 0 Å². The molecule has 0 spiro atoms. The van der Waals surface area contributed by atoms with Crippen LogP contribution in [0.15, 0.2) is 0 Å². The largest absolute Gasteiger partial charge is 2.00 e. The van der Waals surface area contributed by atoms with E-state index in [4.69, 9.17) is 17.5 Å². The Morgan fingerprint density at radius 3 is 0.692 bits per heavy atom. The molecule has 0 aliphatic heterocycles. The summed E-state index contributed by atoms with van der Waals surface area (Å²) >= 11 is 0. The summed E-state index contributed by atoms with van der Waals surface area (Å²) in [6, 6.07) is 0. The molecule has 87 valence electrons. The Kier molecular flexibility index (Phi) is 340. The van der Waals surface area contributed by atoms with Crippen LogP contribution in [-0.2, 0) is 34.4 Å². The molecule has 1 radical (unpaired) electrons. The summed E-state index contributed by atoms with van der Waals surface area (Å²) in [4.78, 5) is 0. The van der Waals surface area contributed by atoms with Crippen molar-refractivity contribution in [3.8, 4) is 0 Å². The van der Waals surface area contributed by atoms with Gasteiger partial charge in [-0.3, -0.25) is 0 Å². The van der Waals surface area contributed by atoms with Gasteiger partial charge in [0, 0.05) is 0 Å². The molecule has 0 saturated heterocycles. The first-order valence-electron chi connectivity index (χ1n) is 0.667. The molecule has 0 aromatic rings. The van der Waals surface area contributed by atoms with E-state index in [0.717, 1.165) is 0 Å². The van der Waals surface area contributed by atoms with Crippen molar-refractivity contribution in [2.24, 2.45) is 0 Å². The predicted molar refractivity (Wildman–Crippen MR) is 35.7 cm³/mol. The maximum Gasteiger partial charge on any atom is 2.00 e. The van der Waals surface area contributed by atoms with Gasteiger partial charge in [-0.25, -0.2) is 8.42 Å². The zero-order valence-electron chi connectivity index (χ0n) is 6.25. The molecule has 0 fully saturated rings. The van der Waals surface area contributed by atoms with Crippen LogP contribution >= 0.6 is 0 Å². The fourth-order valence-corrected chi connectivity index (χ4v) is 0. The molecule has 0 aliphatic rings. The summed E-state index contributed by atoms with van der Waals surface area (Å²) in [6.45, 7) is 0. The minimum atomic E-state index is -5.17. The van der Waals surface area contributed by atoms with E-state index in [1.54, 1.807) is 0 Å².